The molecule has 0 aliphatic rings. The van der Waals surface area contributed by atoms with Gasteiger partial charge in [0.05, 0.1) is 0 Å². The molecule has 19 heavy (non-hydrogen) atoms. The van der Waals surface area contributed by atoms with Gasteiger partial charge in [0, 0.05) is 12.0 Å². The Morgan fingerprint density at radius 3 is 2.32 bits per heavy atom. The van der Waals surface area contributed by atoms with E-state index in [0.29, 0.717) is 0 Å². The van der Waals surface area contributed by atoms with E-state index in [2.05, 4.69) is 54.3 Å². The average Bonchev–Trinajstić information content (AvgIpc) is 2.49. The molecular weight excluding hydrogens is 228 g/mol. The summed E-state index contributed by atoms with van der Waals surface area (Å²) < 4.78 is 0. The van der Waals surface area contributed by atoms with Gasteiger partial charge in [0.15, 0.2) is 0 Å². The third-order valence-corrected chi connectivity index (χ3v) is 3.17. The minimum Gasteiger partial charge on any atom is -0.0931 e. The number of rotatable bonds is 1. The Morgan fingerprint density at radius 2 is 1.42 bits per heavy atom. The van der Waals surface area contributed by atoms with E-state index in [9.17, 15) is 0 Å². The van der Waals surface area contributed by atoms with Crippen LogP contribution in [0.25, 0.3) is 10.8 Å². The molecular formula is C19H14. The Hall–Kier alpha value is -2.52. The first kappa shape index (κ1) is 11.6. The van der Waals surface area contributed by atoms with Crippen molar-refractivity contribution >= 4 is 10.8 Å². The molecule has 0 bridgehead atoms. The summed E-state index contributed by atoms with van der Waals surface area (Å²) in [5.41, 5.74) is 2.37. The van der Waals surface area contributed by atoms with E-state index in [1.807, 2.05) is 30.3 Å². The van der Waals surface area contributed by atoms with Crippen molar-refractivity contribution in [1.29, 1.82) is 0 Å². The highest BCUT2D eigenvalue weighted by Gasteiger charge is 1.97. The fourth-order valence-electron chi connectivity index (χ4n) is 2.21. The van der Waals surface area contributed by atoms with Crippen LogP contribution in [0.15, 0.2) is 72.8 Å². The fraction of sp³-hybridized carbons (Fsp3) is 0.0526. The number of fused-ring (bicyclic) bond motifs is 1. The van der Waals surface area contributed by atoms with Gasteiger partial charge in [-0.25, -0.2) is 0 Å². The summed E-state index contributed by atoms with van der Waals surface area (Å²) >= 11 is 0. The van der Waals surface area contributed by atoms with E-state index < -0.39 is 0 Å². The number of hydrogen-bond acceptors (Lipinski definition) is 0. The zero-order valence-corrected chi connectivity index (χ0v) is 10.6. The molecule has 3 rings (SSSR count). The zero-order valence-electron chi connectivity index (χ0n) is 10.6. The average molecular weight is 242 g/mol. The van der Waals surface area contributed by atoms with Crippen molar-refractivity contribution in [2.75, 3.05) is 0 Å². The molecule has 0 heterocycles. The molecule has 3 aromatic rings. The molecule has 0 unspecified atom stereocenters. The first-order valence-corrected chi connectivity index (χ1v) is 6.44. The molecule has 0 atom stereocenters. The summed E-state index contributed by atoms with van der Waals surface area (Å²) in [6.07, 6.45) is 0.788. The van der Waals surface area contributed by atoms with Crippen LogP contribution in [0, 0.1) is 11.8 Å². The summed E-state index contributed by atoms with van der Waals surface area (Å²) in [7, 11) is 0. The van der Waals surface area contributed by atoms with E-state index in [1.54, 1.807) is 0 Å². The van der Waals surface area contributed by atoms with Crippen LogP contribution >= 0.6 is 0 Å². The Labute approximate surface area is 113 Å². The predicted octanol–water partition coefficient (Wildman–Crippen LogP) is 4.43. The van der Waals surface area contributed by atoms with Crippen molar-refractivity contribution in [3.8, 4) is 11.8 Å². The standard InChI is InChI=1S/C19H14/c1-2-8-16(9-3-1)10-6-12-18-14-7-13-17-11-4-5-15-19(17)18/h1-5,7-9,11,13-15H,12H2. The lowest BCUT2D eigenvalue weighted by Crippen LogP contribution is -1.84. The number of hydrogen-bond donors (Lipinski definition) is 0. The molecule has 0 aliphatic heterocycles. The highest BCUT2D eigenvalue weighted by Crippen LogP contribution is 2.18. The van der Waals surface area contributed by atoms with Crippen LogP contribution in [0.3, 0.4) is 0 Å². The maximum Gasteiger partial charge on any atom is 0.0350 e. The summed E-state index contributed by atoms with van der Waals surface area (Å²) in [4.78, 5) is 0. The Kier molecular flexibility index (Phi) is 3.30. The van der Waals surface area contributed by atoms with Gasteiger partial charge in [-0.15, -0.1) is 0 Å². The van der Waals surface area contributed by atoms with Crippen LogP contribution in [-0.2, 0) is 6.42 Å². The summed E-state index contributed by atoms with van der Waals surface area (Å²) in [5, 5.41) is 2.58. The highest BCUT2D eigenvalue weighted by molar-refractivity contribution is 5.85. The number of benzene rings is 3. The maximum absolute atomic E-state index is 3.26. The molecule has 0 saturated heterocycles. The van der Waals surface area contributed by atoms with Crippen molar-refractivity contribution in [2.45, 2.75) is 6.42 Å². The molecule has 0 radical (unpaired) electrons. The first-order chi connectivity index (χ1) is 9.43. The molecule has 0 fully saturated rings. The van der Waals surface area contributed by atoms with Gasteiger partial charge in [-0.1, -0.05) is 72.5 Å². The molecule has 90 valence electrons. The van der Waals surface area contributed by atoms with Gasteiger partial charge >= 0.3 is 0 Å². The van der Waals surface area contributed by atoms with Crippen molar-refractivity contribution < 1.29 is 0 Å². The van der Waals surface area contributed by atoms with Crippen LogP contribution < -0.4 is 0 Å². The Bertz CT molecular complexity index is 738. The minimum absolute atomic E-state index is 0.788. The third kappa shape index (κ3) is 2.67. The van der Waals surface area contributed by atoms with E-state index in [1.165, 1.54) is 16.3 Å². The smallest absolute Gasteiger partial charge is 0.0350 e. The lowest BCUT2D eigenvalue weighted by molar-refractivity contribution is 1.35. The van der Waals surface area contributed by atoms with Crippen molar-refractivity contribution in [2.24, 2.45) is 0 Å². The lowest BCUT2D eigenvalue weighted by atomic mass is 10.0. The monoisotopic (exact) mass is 242 g/mol. The second-order valence-electron chi connectivity index (χ2n) is 4.48. The third-order valence-electron chi connectivity index (χ3n) is 3.17. The summed E-state index contributed by atoms with van der Waals surface area (Å²) in [6, 6.07) is 25.0. The zero-order chi connectivity index (χ0) is 12.9. The molecule has 0 saturated carbocycles. The molecule has 0 nitrogen and oxygen atoms in total. The molecule has 0 heteroatoms. The summed E-state index contributed by atoms with van der Waals surface area (Å²) in [6.45, 7) is 0. The molecule has 0 amide bonds. The molecule has 0 aromatic heterocycles. The Morgan fingerprint density at radius 1 is 0.684 bits per heavy atom. The van der Waals surface area contributed by atoms with E-state index in [0.717, 1.165) is 12.0 Å². The van der Waals surface area contributed by atoms with Gasteiger partial charge in [-0.05, 0) is 28.5 Å². The van der Waals surface area contributed by atoms with Gasteiger partial charge < -0.3 is 0 Å². The van der Waals surface area contributed by atoms with E-state index in [4.69, 9.17) is 0 Å². The second kappa shape index (κ2) is 5.42. The molecule has 0 spiro atoms. The quantitative estimate of drug-likeness (QED) is 0.554. The normalized spacial score (nSPS) is 9.89. The fourth-order valence-corrected chi connectivity index (χ4v) is 2.21. The van der Waals surface area contributed by atoms with Crippen molar-refractivity contribution in [3.63, 3.8) is 0 Å². The van der Waals surface area contributed by atoms with Gasteiger partial charge in [0.25, 0.3) is 0 Å². The van der Waals surface area contributed by atoms with Crippen molar-refractivity contribution in [1.82, 2.24) is 0 Å². The maximum atomic E-state index is 3.26. The SMILES string of the molecule is C(#Cc1ccccc1)Cc1cccc2ccccc12. The van der Waals surface area contributed by atoms with Gasteiger partial charge in [0.1, 0.15) is 0 Å². The molecule has 0 aliphatic carbocycles. The Balaban J connectivity index is 1.89. The van der Waals surface area contributed by atoms with Gasteiger partial charge in [-0.3, -0.25) is 0 Å². The van der Waals surface area contributed by atoms with E-state index >= 15 is 0 Å². The summed E-state index contributed by atoms with van der Waals surface area (Å²) in [5.74, 6) is 6.47. The van der Waals surface area contributed by atoms with Crippen LogP contribution in [-0.4, -0.2) is 0 Å². The molecule has 3 aromatic carbocycles. The van der Waals surface area contributed by atoms with Gasteiger partial charge in [0.2, 0.25) is 0 Å². The van der Waals surface area contributed by atoms with Crippen molar-refractivity contribution in [3.05, 3.63) is 83.9 Å². The van der Waals surface area contributed by atoms with Crippen LogP contribution in [0.5, 0.6) is 0 Å². The first-order valence-electron chi connectivity index (χ1n) is 6.44. The predicted molar refractivity (Wildman–Crippen MR) is 81.0 cm³/mol. The largest absolute Gasteiger partial charge is 0.0931 e. The van der Waals surface area contributed by atoms with Crippen LogP contribution in [0.2, 0.25) is 0 Å². The van der Waals surface area contributed by atoms with Crippen LogP contribution in [0.4, 0.5) is 0 Å². The van der Waals surface area contributed by atoms with Crippen LogP contribution in [0.1, 0.15) is 11.1 Å². The second-order valence-corrected chi connectivity index (χ2v) is 4.48. The molecule has 0 N–H and O–H groups in total. The van der Waals surface area contributed by atoms with E-state index in [-0.39, 0.29) is 0 Å². The topological polar surface area (TPSA) is 0 Å². The van der Waals surface area contributed by atoms with Gasteiger partial charge in [-0.2, -0.15) is 0 Å². The lowest BCUT2D eigenvalue weighted by Gasteiger charge is -2.02. The highest BCUT2D eigenvalue weighted by atomic mass is 14.0. The minimum atomic E-state index is 0.788.